The van der Waals surface area contributed by atoms with Gasteiger partial charge in [0.05, 0.1) is 6.54 Å². The second-order valence-corrected chi connectivity index (χ2v) is 8.34. The lowest BCUT2D eigenvalue weighted by atomic mass is 10.0. The van der Waals surface area contributed by atoms with Gasteiger partial charge in [0.25, 0.3) is 0 Å². The fraction of sp³-hybridized carbons (Fsp3) is 0.458. The Labute approximate surface area is 172 Å². The zero-order chi connectivity index (χ0) is 20.1. The van der Waals surface area contributed by atoms with E-state index in [1.165, 1.54) is 17.8 Å². The van der Waals surface area contributed by atoms with Gasteiger partial charge in [-0.1, -0.05) is 30.3 Å². The highest BCUT2D eigenvalue weighted by Gasteiger charge is 2.27. The molecule has 2 aromatic carbocycles. The maximum atomic E-state index is 13.1. The fourth-order valence-electron chi connectivity index (χ4n) is 4.60. The molecule has 154 valence electrons. The molecule has 2 aromatic rings. The molecule has 1 amide bonds. The van der Waals surface area contributed by atoms with E-state index in [1.807, 2.05) is 18.2 Å². The van der Waals surface area contributed by atoms with Crippen molar-refractivity contribution in [2.75, 3.05) is 37.6 Å². The lowest BCUT2D eigenvalue weighted by Crippen LogP contribution is -2.42. The molecule has 2 heterocycles. The van der Waals surface area contributed by atoms with Crippen LogP contribution in [0.25, 0.3) is 0 Å². The summed E-state index contributed by atoms with van der Waals surface area (Å²) in [6.45, 7) is 4.22. The zero-order valence-electron chi connectivity index (χ0n) is 16.9. The normalized spacial score (nSPS) is 22.2. The summed E-state index contributed by atoms with van der Waals surface area (Å²) in [5, 5.41) is 3.16. The number of para-hydroxylation sites is 1. The van der Waals surface area contributed by atoms with Gasteiger partial charge in [0.2, 0.25) is 5.91 Å². The van der Waals surface area contributed by atoms with E-state index < -0.39 is 0 Å². The summed E-state index contributed by atoms with van der Waals surface area (Å²) in [6, 6.07) is 17.6. The van der Waals surface area contributed by atoms with E-state index in [9.17, 15) is 9.18 Å². The van der Waals surface area contributed by atoms with Crippen LogP contribution in [0.4, 0.5) is 10.1 Å². The van der Waals surface area contributed by atoms with Crippen molar-refractivity contribution in [2.45, 2.75) is 31.7 Å². The van der Waals surface area contributed by atoms with Crippen molar-refractivity contribution in [3.05, 3.63) is 66.0 Å². The molecule has 4 rings (SSSR count). The Balaban J connectivity index is 1.21. The van der Waals surface area contributed by atoms with Crippen molar-refractivity contribution in [1.29, 1.82) is 0 Å². The van der Waals surface area contributed by atoms with Crippen molar-refractivity contribution in [3.8, 4) is 0 Å². The molecule has 0 unspecified atom stereocenters. The van der Waals surface area contributed by atoms with Crippen LogP contribution >= 0.6 is 0 Å². The van der Waals surface area contributed by atoms with Gasteiger partial charge in [-0.3, -0.25) is 9.69 Å². The third-order valence-corrected chi connectivity index (χ3v) is 6.23. The van der Waals surface area contributed by atoms with Gasteiger partial charge in [-0.2, -0.15) is 0 Å². The summed E-state index contributed by atoms with van der Waals surface area (Å²) in [5.74, 6) is 0.427. The van der Waals surface area contributed by atoms with Crippen LogP contribution in [0.1, 0.15) is 24.8 Å². The first-order chi connectivity index (χ1) is 14.2. The molecule has 0 aliphatic carbocycles. The van der Waals surface area contributed by atoms with Crippen LogP contribution < -0.4 is 10.2 Å². The average Bonchev–Trinajstić information content (AvgIpc) is 3.39. The first-order valence-electron chi connectivity index (χ1n) is 10.7. The molecule has 0 bridgehead atoms. The number of rotatable bonds is 7. The Hall–Kier alpha value is -2.40. The molecular formula is C24H30FN3O. The van der Waals surface area contributed by atoms with Crippen LogP contribution in [0.5, 0.6) is 0 Å². The third-order valence-electron chi connectivity index (χ3n) is 6.23. The Kier molecular flexibility index (Phi) is 6.45. The molecule has 1 N–H and O–H groups in total. The molecule has 4 nitrogen and oxygen atoms in total. The molecule has 29 heavy (non-hydrogen) atoms. The Bertz CT molecular complexity index is 796. The van der Waals surface area contributed by atoms with E-state index in [1.54, 1.807) is 0 Å². The predicted molar refractivity (Wildman–Crippen MR) is 114 cm³/mol. The van der Waals surface area contributed by atoms with Gasteiger partial charge in [0.15, 0.2) is 0 Å². The molecule has 5 heteroatoms. The smallest absolute Gasteiger partial charge is 0.234 e. The number of nitrogens with zero attached hydrogens (tertiary/aromatic N) is 2. The molecule has 2 atom stereocenters. The van der Waals surface area contributed by atoms with E-state index in [-0.39, 0.29) is 11.7 Å². The van der Waals surface area contributed by atoms with Crippen LogP contribution in [-0.4, -0.2) is 49.6 Å². The lowest BCUT2D eigenvalue weighted by molar-refractivity contribution is -0.122. The van der Waals surface area contributed by atoms with Crippen LogP contribution in [0.15, 0.2) is 54.6 Å². The topological polar surface area (TPSA) is 35.6 Å². The van der Waals surface area contributed by atoms with Crippen LogP contribution in [0, 0.1) is 11.7 Å². The number of anilines is 1. The fourth-order valence-corrected chi connectivity index (χ4v) is 4.60. The van der Waals surface area contributed by atoms with E-state index in [0.29, 0.717) is 18.5 Å². The highest BCUT2D eigenvalue weighted by atomic mass is 19.1. The summed E-state index contributed by atoms with van der Waals surface area (Å²) in [7, 11) is 0. The van der Waals surface area contributed by atoms with E-state index in [2.05, 4.69) is 39.4 Å². The first kappa shape index (κ1) is 19.9. The van der Waals surface area contributed by atoms with Gasteiger partial charge in [0, 0.05) is 31.4 Å². The maximum absolute atomic E-state index is 13.1. The molecule has 0 saturated carbocycles. The van der Waals surface area contributed by atoms with Crippen LogP contribution in [-0.2, 0) is 11.2 Å². The summed E-state index contributed by atoms with van der Waals surface area (Å²) < 4.78 is 13.1. The third kappa shape index (κ3) is 5.36. The Morgan fingerprint density at radius 3 is 2.62 bits per heavy atom. The van der Waals surface area contributed by atoms with Crippen molar-refractivity contribution in [1.82, 2.24) is 10.2 Å². The van der Waals surface area contributed by atoms with Gasteiger partial charge in [-0.25, -0.2) is 4.39 Å². The molecule has 0 aromatic heterocycles. The highest BCUT2D eigenvalue weighted by Crippen LogP contribution is 2.23. The maximum Gasteiger partial charge on any atom is 0.234 e. The molecule has 2 saturated heterocycles. The molecular weight excluding hydrogens is 365 g/mol. The quantitative estimate of drug-likeness (QED) is 0.780. The number of hydrogen-bond acceptors (Lipinski definition) is 3. The number of halogens is 1. The minimum atomic E-state index is -0.200. The second-order valence-electron chi connectivity index (χ2n) is 8.34. The van der Waals surface area contributed by atoms with Crippen molar-refractivity contribution in [2.24, 2.45) is 5.92 Å². The van der Waals surface area contributed by atoms with Gasteiger partial charge < -0.3 is 10.2 Å². The Morgan fingerprint density at radius 2 is 1.83 bits per heavy atom. The van der Waals surface area contributed by atoms with Crippen molar-refractivity contribution in [3.63, 3.8) is 0 Å². The average molecular weight is 396 g/mol. The summed E-state index contributed by atoms with van der Waals surface area (Å²) in [5.41, 5.74) is 2.40. The second kappa shape index (κ2) is 9.40. The lowest BCUT2D eigenvalue weighted by Gasteiger charge is -2.24. The summed E-state index contributed by atoms with van der Waals surface area (Å²) in [4.78, 5) is 17.2. The number of benzene rings is 2. The van der Waals surface area contributed by atoms with Crippen LogP contribution in [0.3, 0.4) is 0 Å². The molecule has 2 aliphatic heterocycles. The predicted octanol–water partition coefficient (Wildman–Crippen LogP) is 3.48. The van der Waals surface area contributed by atoms with Gasteiger partial charge in [-0.15, -0.1) is 0 Å². The van der Waals surface area contributed by atoms with E-state index in [0.717, 1.165) is 57.4 Å². The minimum absolute atomic E-state index is 0.120. The standard InChI is InChI=1S/C24H30FN3O/c25-21-10-8-19(9-11-21)15-23-7-4-13-27(23)18-24(29)26-16-20-12-14-28(17-20)22-5-2-1-3-6-22/h1-3,5-6,8-11,20,23H,4,7,12-18H2,(H,26,29)/t20-,23-/m0/s1. The summed E-state index contributed by atoms with van der Waals surface area (Å²) in [6.07, 6.45) is 4.21. The van der Waals surface area contributed by atoms with E-state index in [4.69, 9.17) is 0 Å². The number of carbonyl (C=O) groups excluding carboxylic acids is 1. The zero-order valence-corrected chi connectivity index (χ0v) is 16.9. The number of hydrogen-bond donors (Lipinski definition) is 1. The summed E-state index contributed by atoms with van der Waals surface area (Å²) >= 11 is 0. The monoisotopic (exact) mass is 395 g/mol. The van der Waals surface area contributed by atoms with E-state index >= 15 is 0 Å². The largest absolute Gasteiger partial charge is 0.371 e. The van der Waals surface area contributed by atoms with Gasteiger partial charge in [-0.05, 0) is 68.0 Å². The highest BCUT2D eigenvalue weighted by molar-refractivity contribution is 5.78. The molecule has 0 spiro atoms. The Morgan fingerprint density at radius 1 is 1.03 bits per heavy atom. The number of carbonyl (C=O) groups is 1. The van der Waals surface area contributed by atoms with Gasteiger partial charge in [0.1, 0.15) is 5.82 Å². The number of nitrogens with one attached hydrogen (secondary N) is 1. The van der Waals surface area contributed by atoms with Crippen LogP contribution in [0.2, 0.25) is 0 Å². The minimum Gasteiger partial charge on any atom is -0.371 e. The first-order valence-corrected chi connectivity index (χ1v) is 10.7. The number of amides is 1. The number of likely N-dealkylation sites (tertiary alicyclic amines) is 1. The molecule has 0 radical (unpaired) electrons. The molecule has 2 aliphatic rings. The SMILES string of the molecule is O=C(CN1CCC[C@H]1Cc1ccc(F)cc1)NC[C@@H]1CCN(c2ccccc2)C1. The van der Waals surface area contributed by atoms with Gasteiger partial charge >= 0.3 is 0 Å². The van der Waals surface area contributed by atoms with Crippen molar-refractivity contribution < 1.29 is 9.18 Å². The van der Waals surface area contributed by atoms with Crippen molar-refractivity contribution >= 4 is 11.6 Å². The molecule has 2 fully saturated rings.